The molecule has 4 aromatic rings. The van der Waals surface area contributed by atoms with Gasteiger partial charge in [-0.25, -0.2) is 0 Å². The Morgan fingerprint density at radius 3 is 1.68 bits per heavy atom. The Morgan fingerprint density at radius 1 is 0.682 bits per heavy atom. The fourth-order valence-corrected chi connectivity index (χ4v) is 17.7. The van der Waals surface area contributed by atoms with Crippen molar-refractivity contribution in [3.8, 4) is 11.5 Å². The van der Waals surface area contributed by atoms with Crippen LogP contribution in [-0.2, 0) is 24.7 Å². The summed E-state index contributed by atoms with van der Waals surface area (Å²) < 4.78 is 15.9. The van der Waals surface area contributed by atoms with Crippen LogP contribution in [0, 0.1) is 41.6 Å². The number of imidazole rings is 1. The number of benzene rings is 2. The molecule has 8 bridgehead atoms. The van der Waals surface area contributed by atoms with Crippen LogP contribution in [0.2, 0.25) is 0 Å². The van der Waals surface area contributed by atoms with Crippen molar-refractivity contribution in [3.05, 3.63) is 79.0 Å². The summed E-state index contributed by atoms with van der Waals surface area (Å²) in [6.45, 7) is 0. The molecule has 8 aliphatic carbocycles. The van der Waals surface area contributed by atoms with Crippen molar-refractivity contribution in [2.24, 2.45) is 35.5 Å². The second kappa shape index (κ2) is 11.0. The van der Waals surface area contributed by atoms with Crippen LogP contribution in [0.4, 0.5) is 0 Å². The Bertz CT molecular complexity index is 1530. The van der Waals surface area contributed by atoms with Crippen LogP contribution >= 0.6 is 7.14 Å². The third kappa shape index (κ3) is 4.58. The first kappa shape index (κ1) is 29.3. The van der Waals surface area contributed by atoms with Crippen LogP contribution in [-0.4, -0.2) is 20.3 Å². The first-order chi connectivity index (χ1) is 21.0. The zero-order valence-corrected chi connectivity index (χ0v) is 28.7. The molecule has 0 N–H and O–H groups in total. The monoisotopic (exact) mass is 780 g/mol. The van der Waals surface area contributed by atoms with Crippen molar-refractivity contribution in [3.63, 3.8) is 0 Å². The average Bonchev–Trinajstić information content (AvgIpc) is 3.45. The van der Waals surface area contributed by atoms with Gasteiger partial charge in [-0.15, -0.1) is 5.30 Å². The van der Waals surface area contributed by atoms with Gasteiger partial charge in [0.25, 0.3) is 0 Å². The summed E-state index contributed by atoms with van der Waals surface area (Å²) in [5.74, 6) is 5.93. The van der Waals surface area contributed by atoms with Gasteiger partial charge in [-0.2, -0.15) is 30.3 Å². The summed E-state index contributed by atoms with van der Waals surface area (Å²) in [7, 11) is -2.53. The molecule has 0 atom stereocenters. The average molecular weight is 780 g/mol. The molecule has 44 heavy (non-hydrogen) atoms. The van der Waals surface area contributed by atoms with Crippen LogP contribution in [0.1, 0.15) is 77.0 Å². The van der Waals surface area contributed by atoms with Crippen molar-refractivity contribution in [2.45, 2.75) is 87.4 Å². The summed E-state index contributed by atoms with van der Waals surface area (Å²) in [6.07, 6.45) is 18.1. The maximum Gasteiger partial charge on any atom is 0.104 e. The van der Waals surface area contributed by atoms with E-state index in [2.05, 4.69) is 45.3 Å². The Morgan fingerprint density at radius 2 is 1.20 bits per heavy atom. The summed E-state index contributed by atoms with van der Waals surface area (Å²) in [6, 6.07) is 25.7. The number of hydrogen-bond donors (Lipinski definition) is 0. The Balaban J connectivity index is 0.000000154. The van der Waals surface area contributed by atoms with Crippen molar-refractivity contribution >= 4 is 23.5 Å². The largest absolute Gasteiger partial charge is 0.434 e. The van der Waals surface area contributed by atoms with Crippen LogP contribution < -0.4 is 10.3 Å². The van der Waals surface area contributed by atoms with Crippen LogP contribution in [0.25, 0.3) is 22.6 Å². The molecule has 2 aromatic carbocycles. The van der Waals surface area contributed by atoms with Gasteiger partial charge in [0.05, 0.1) is 5.69 Å². The molecule has 8 saturated carbocycles. The fourth-order valence-electron chi connectivity index (χ4n) is 12.0. The van der Waals surface area contributed by atoms with Crippen molar-refractivity contribution in [1.29, 1.82) is 0 Å². The Labute approximate surface area is 275 Å². The van der Waals surface area contributed by atoms with Gasteiger partial charge < -0.3 is 14.5 Å². The molecule has 231 valence electrons. The topological polar surface area (TPSA) is 57.0 Å². The fraction of sp³-hybridized carbons (Fsp3) is 0.526. The summed E-state index contributed by atoms with van der Waals surface area (Å²) in [5, 5.41) is 1.43. The van der Waals surface area contributed by atoms with Crippen molar-refractivity contribution < 1.29 is 24.7 Å². The molecule has 6 heteroatoms. The van der Waals surface area contributed by atoms with Gasteiger partial charge >= 0.3 is 0 Å². The molecule has 2 aromatic heterocycles. The zero-order valence-electron chi connectivity index (χ0n) is 25.4. The predicted octanol–water partition coefficient (Wildman–Crippen LogP) is 8.66. The van der Waals surface area contributed by atoms with Gasteiger partial charge in [0.2, 0.25) is 0 Å². The van der Waals surface area contributed by atoms with E-state index in [0.717, 1.165) is 52.2 Å². The molecule has 0 unspecified atom stereocenters. The molecule has 1 radical (unpaired) electrons. The molecular weight excluding hydrogens is 738 g/mol. The van der Waals surface area contributed by atoms with E-state index in [1.807, 2.05) is 42.5 Å². The molecule has 0 aliphatic heterocycles. The first-order valence-electron chi connectivity index (χ1n) is 16.9. The molecule has 8 fully saturated rings. The second-order valence-corrected chi connectivity index (χ2v) is 19.0. The summed E-state index contributed by atoms with van der Waals surface area (Å²) in [5.41, 5.74) is 2.64. The first-order valence-corrected chi connectivity index (χ1v) is 18.6. The predicted molar refractivity (Wildman–Crippen MR) is 173 cm³/mol. The van der Waals surface area contributed by atoms with Gasteiger partial charge in [-0.3, -0.25) is 4.98 Å². The number of nitrogens with zero attached hydrogens (tertiary/aromatic N) is 3. The molecule has 4 nitrogen and oxygen atoms in total. The van der Waals surface area contributed by atoms with Crippen molar-refractivity contribution in [1.82, 2.24) is 15.0 Å². The van der Waals surface area contributed by atoms with Crippen molar-refractivity contribution in [2.75, 3.05) is 0 Å². The van der Waals surface area contributed by atoms with Crippen LogP contribution in [0.5, 0.6) is 0 Å². The van der Waals surface area contributed by atoms with Gasteiger partial charge in [-0.05, 0) is 142 Å². The number of aromatic nitrogens is 3. The summed E-state index contributed by atoms with van der Waals surface area (Å²) in [4.78, 5) is 13.0. The molecule has 0 spiro atoms. The number of pyridine rings is 1. The minimum Gasteiger partial charge on any atom is -0.434 e. The van der Waals surface area contributed by atoms with E-state index in [0.29, 0.717) is 5.82 Å². The zero-order chi connectivity index (χ0) is 28.6. The van der Waals surface area contributed by atoms with Gasteiger partial charge in [0.15, 0.2) is 0 Å². The van der Waals surface area contributed by atoms with E-state index >= 15 is 4.57 Å². The minimum absolute atomic E-state index is 0. The van der Waals surface area contributed by atoms with Crippen LogP contribution in [0.15, 0.2) is 72.9 Å². The van der Waals surface area contributed by atoms with E-state index in [4.69, 9.17) is 0 Å². The Kier molecular flexibility index (Phi) is 7.36. The number of para-hydroxylation sites is 2. The SMILES string of the molecule is O=P(c1[c-]cccc1)(C12CC3CC(CC(C3)C1)C2)C12CC3CC(CC(C3)C1)C2.[Ir].c1ccc(-c2nc3ccccc3[n-]2)nc1. The van der Waals surface area contributed by atoms with E-state index in [9.17, 15) is 0 Å². The van der Waals surface area contributed by atoms with Gasteiger partial charge in [0, 0.05) is 36.6 Å². The van der Waals surface area contributed by atoms with Gasteiger partial charge in [0.1, 0.15) is 7.14 Å². The number of hydrogen-bond acceptors (Lipinski definition) is 3. The van der Waals surface area contributed by atoms with E-state index < -0.39 is 7.14 Å². The smallest absolute Gasteiger partial charge is 0.104 e. The summed E-state index contributed by atoms with van der Waals surface area (Å²) >= 11 is 0. The van der Waals surface area contributed by atoms with E-state index in [1.165, 1.54) is 82.4 Å². The molecule has 2 heterocycles. The maximum atomic E-state index is 15.9. The third-order valence-corrected chi connectivity index (χ3v) is 17.3. The number of fused-ring (bicyclic) bond motifs is 1. The van der Waals surface area contributed by atoms with Gasteiger partial charge in [-0.1, -0.05) is 30.3 Å². The quantitative estimate of drug-likeness (QED) is 0.154. The standard InChI is InChI=1S/C26H34OP.C12H8N3.Ir/c27-28(24-4-2-1-3-5-24,25-12-18-6-19(13-25)8-20(7-18)14-25)26-15-21-9-22(16-26)11-23(10-21)17-26;1-2-6-10-9(5-1)14-12(15-10)11-7-3-4-8-13-11;/h1-4,18-23H,6-17H2;1-8H;/q2*-1;. The van der Waals surface area contributed by atoms with E-state index in [1.54, 1.807) is 6.20 Å². The number of rotatable bonds is 4. The van der Waals surface area contributed by atoms with E-state index in [-0.39, 0.29) is 30.4 Å². The molecule has 8 aliphatic rings. The molecule has 0 saturated heterocycles. The minimum atomic E-state index is -2.53. The molecular formula is C38H42IrN3OP-2. The Hall–Kier alpha value is -2.06. The van der Waals surface area contributed by atoms with Crippen LogP contribution in [0.3, 0.4) is 0 Å². The molecule has 0 amide bonds. The normalized spacial score (nSPS) is 37.2. The second-order valence-electron chi connectivity index (χ2n) is 15.4. The maximum absolute atomic E-state index is 15.9. The third-order valence-electron chi connectivity index (χ3n) is 12.6. The molecule has 12 rings (SSSR count).